The number of hydrogen-bond acceptors (Lipinski definition) is 4. The molecule has 2 heterocycles. The second-order valence-corrected chi connectivity index (χ2v) is 6.52. The van der Waals surface area contributed by atoms with Gasteiger partial charge in [-0.25, -0.2) is 9.18 Å². The van der Waals surface area contributed by atoms with Crippen molar-refractivity contribution in [1.29, 1.82) is 0 Å². The number of para-hydroxylation sites is 2. The van der Waals surface area contributed by atoms with Gasteiger partial charge in [0.25, 0.3) is 5.91 Å². The molecule has 3 N–H and O–H groups in total. The summed E-state index contributed by atoms with van der Waals surface area (Å²) in [5, 5.41) is 18.9. The molecule has 0 aliphatic rings. The molecule has 0 aliphatic heterocycles. The Morgan fingerprint density at radius 2 is 1.77 bits per heavy atom. The van der Waals surface area contributed by atoms with E-state index < -0.39 is 17.8 Å². The molecule has 0 atom stereocenters. The molecule has 0 radical (unpaired) electrons. The zero-order valence-corrected chi connectivity index (χ0v) is 15.5. The molecule has 0 fully saturated rings. The Balaban J connectivity index is 1.56. The maximum atomic E-state index is 13.4. The lowest BCUT2D eigenvalue weighted by Crippen LogP contribution is -2.15. The number of hydrogen-bond donors (Lipinski definition) is 3. The standard InChI is InChI=1S/C21H16FN5O3/c22-16-7-13(9-23-11-16)12-27-19-6-5-14(8-15(19)10-24-27)20(28)25-17-3-1-2-4-18(17)26-21(29)30/h1-11,26H,12H2,(H,25,28)(H,29,30). The highest BCUT2D eigenvalue weighted by Crippen LogP contribution is 2.23. The van der Waals surface area contributed by atoms with Crippen LogP contribution in [-0.2, 0) is 6.54 Å². The lowest BCUT2D eigenvalue weighted by Gasteiger charge is -2.11. The van der Waals surface area contributed by atoms with E-state index in [1.807, 2.05) is 0 Å². The maximum Gasteiger partial charge on any atom is 0.409 e. The van der Waals surface area contributed by atoms with E-state index in [0.717, 1.165) is 17.1 Å². The van der Waals surface area contributed by atoms with Gasteiger partial charge in [-0.15, -0.1) is 0 Å². The second kappa shape index (κ2) is 8.00. The van der Waals surface area contributed by atoms with Crippen LogP contribution < -0.4 is 10.6 Å². The zero-order chi connectivity index (χ0) is 21.1. The van der Waals surface area contributed by atoms with E-state index in [0.29, 0.717) is 23.4 Å². The van der Waals surface area contributed by atoms with Crippen LogP contribution in [0.2, 0.25) is 0 Å². The summed E-state index contributed by atoms with van der Waals surface area (Å²) in [6.45, 7) is 0.341. The first-order chi connectivity index (χ1) is 14.5. The Morgan fingerprint density at radius 3 is 2.50 bits per heavy atom. The van der Waals surface area contributed by atoms with Crippen molar-refractivity contribution in [2.75, 3.05) is 10.6 Å². The average Bonchev–Trinajstić information content (AvgIpc) is 3.11. The number of nitrogens with zero attached hydrogens (tertiary/aromatic N) is 3. The molecule has 0 aliphatic carbocycles. The molecule has 2 aromatic heterocycles. The molecule has 4 aromatic rings. The fraction of sp³-hybridized carbons (Fsp3) is 0.0476. The van der Waals surface area contributed by atoms with E-state index in [-0.39, 0.29) is 5.69 Å². The summed E-state index contributed by atoms with van der Waals surface area (Å²) >= 11 is 0. The molecule has 0 unspecified atom stereocenters. The van der Waals surface area contributed by atoms with Crippen molar-refractivity contribution >= 4 is 34.3 Å². The van der Waals surface area contributed by atoms with E-state index in [1.54, 1.807) is 59.5 Å². The predicted molar refractivity (Wildman–Crippen MR) is 109 cm³/mol. The monoisotopic (exact) mass is 405 g/mol. The number of carbonyl (C=O) groups is 2. The summed E-state index contributed by atoms with van der Waals surface area (Å²) in [5.74, 6) is -0.806. The molecular formula is C21H16FN5O3. The number of rotatable bonds is 5. The number of carboxylic acid groups (broad SMARTS) is 1. The molecule has 150 valence electrons. The van der Waals surface area contributed by atoms with E-state index in [2.05, 4.69) is 20.7 Å². The first-order valence-electron chi connectivity index (χ1n) is 8.95. The van der Waals surface area contributed by atoms with Gasteiger partial charge in [0.2, 0.25) is 0 Å². The normalized spacial score (nSPS) is 10.7. The molecule has 9 heteroatoms. The maximum absolute atomic E-state index is 13.4. The average molecular weight is 405 g/mol. The molecule has 30 heavy (non-hydrogen) atoms. The van der Waals surface area contributed by atoms with Gasteiger partial charge in [-0.1, -0.05) is 12.1 Å². The van der Waals surface area contributed by atoms with Gasteiger partial charge < -0.3 is 10.4 Å². The number of nitrogens with one attached hydrogen (secondary N) is 2. The Morgan fingerprint density at radius 1 is 1.00 bits per heavy atom. The summed E-state index contributed by atoms with van der Waals surface area (Å²) in [6.07, 6.45) is 3.11. The number of carbonyl (C=O) groups excluding carboxylic acids is 1. The number of amides is 2. The molecule has 8 nitrogen and oxygen atoms in total. The number of pyridine rings is 1. The van der Waals surface area contributed by atoms with Crippen molar-refractivity contribution in [3.05, 3.63) is 84.1 Å². The van der Waals surface area contributed by atoms with Crippen LogP contribution in [0.4, 0.5) is 20.6 Å². The summed E-state index contributed by atoms with van der Waals surface area (Å²) in [4.78, 5) is 27.4. The van der Waals surface area contributed by atoms with Crippen LogP contribution in [0.3, 0.4) is 0 Å². The third-order valence-corrected chi connectivity index (χ3v) is 4.41. The van der Waals surface area contributed by atoms with Gasteiger partial charge >= 0.3 is 6.09 Å². The Hall–Kier alpha value is -4.27. The van der Waals surface area contributed by atoms with E-state index >= 15 is 0 Å². The second-order valence-electron chi connectivity index (χ2n) is 6.52. The molecule has 0 spiro atoms. The lowest BCUT2D eigenvalue weighted by atomic mass is 10.1. The van der Waals surface area contributed by atoms with Crippen molar-refractivity contribution in [1.82, 2.24) is 14.8 Å². The zero-order valence-electron chi connectivity index (χ0n) is 15.5. The van der Waals surface area contributed by atoms with Crippen LogP contribution in [-0.4, -0.2) is 31.9 Å². The minimum absolute atomic E-state index is 0.274. The third-order valence-electron chi connectivity index (χ3n) is 4.41. The predicted octanol–water partition coefficient (Wildman–Crippen LogP) is 3.96. The fourth-order valence-electron chi connectivity index (χ4n) is 3.08. The van der Waals surface area contributed by atoms with Crippen molar-refractivity contribution in [3.8, 4) is 0 Å². The fourth-order valence-corrected chi connectivity index (χ4v) is 3.08. The number of anilines is 2. The van der Waals surface area contributed by atoms with Gasteiger partial charge in [-0.05, 0) is 42.0 Å². The number of benzene rings is 2. The van der Waals surface area contributed by atoms with E-state index in [9.17, 15) is 14.0 Å². The quantitative estimate of drug-likeness (QED) is 0.466. The highest BCUT2D eigenvalue weighted by atomic mass is 19.1. The SMILES string of the molecule is O=C(O)Nc1ccccc1NC(=O)c1ccc2c(cnn2Cc2cncc(F)c2)c1. The molecular weight excluding hydrogens is 389 g/mol. The highest BCUT2D eigenvalue weighted by molar-refractivity contribution is 6.08. The van der Waals surface area contributed by atoms with Gasteiger partial charge in [0, 0.05) is 17.1 Å². The summed E-state index contributed by atoms with van der Waals surface area (Å²) in [7, 11) is 0. The Labute approximate surface area is 170 Å². The van der Waals surface area contributed by atoms with Crippen LogP contribution >= 0.6 is 0 Å². The van der Waals surface area contributed by atoms with Crippen molar-refractivity contribution in [3.63, 3.8) is 0 Å². The van der Waals surface area contributed by atoms with Crippen molar-refractivity contribution in [2.24, 2.45) is 0 Å². The van der Waals surface area contributed by atoms with Crippen molar-refractivity contribution in [2.45, 2.75) is 6.54 Å². The number of halogens is 1. The van der Waals surface area contributed by atoms with E-state index in [4.69, 9.17) is 5.11 Å². The molecule has 0 bridgehead atoms. The van der Waals surface area contributed by atoms with Gasteiger partial charge in [0.05, 0.1) is 35.8 Å². The first-order valence-corrected chi connectivity index (χ1v) is 8.95. The third kappa shape index (κ3) is 4.09. The van der Waals surface area contributed by atoms with Gasteiger partial charge in [-0.2, -0.15) is 5.10 Å². The Kier molecular flexibility index (Phi) is 5.08. The minimum Gasteiger partial charge on any atom is -0.465 e. The Bertz CT molecular complexity index is 1250. The molecule has 0 saturated carbocycles. The van der Waals surface area contributed by atoms with Crippen LogP contribution in [0, 0.1) is 5.82 Å². The smallest absolute Gasteiger partial charge is 0.409 e. The van der Waals surface area contributed by atoms with Crippen LogP contribution in [0.5, 0.6) is 0 Å². The van der Waals surface area contributed by atoms with Crippen LogP contribution in [0.25, 0.3) is 10.9 Å². The molecule has 2 aromatic carbocycles. The molecule has 4 rings (SSSR count). The molecule has 0 saturated heterocycles. The summed E-state index contributed by atoms with van der Waals surface area (Å²) in [5.41, 5.74) is 2.46. The summed E-state index contributed by atoms with van der Waals surface area (Å²) in [6, 6.07) is 13.0. The number of fused-ring (bicyclic) bond motifs is 1. The van der Waals surface area contributed by atoms with Crippen molar-refractivity contribution < 1.29 is 19.1 Å². The van der Waals surface area contributed by atoms with Gasteiger partial charge in [0.1, 0.15) is 5.82 Å². The topological polar surface area (TPSA) is 109 Å². The lowest BCUT2D eigenvalue weighted by molar-refractivity contribution is 0.102. The van der Waals surface area contributed by atoms with Crippen LogP contribution in [0.15, 0.2) is 67.1 Å². The minimum atomic E-state index is -1.22. The molecule has 2 amide bonds. The highest BCUT2D eigenvalue weighted by Gasteiger charge is 2.12. The van der Waals surface area contributed by atoms with E-state index in [1.165, 1.54) is 6.07 Å². The largest absolute Gasteiger partial charge is 0.465 e. The van der Waals surface area contributed by atoms with Gasteiger partial charge in [0.15, 0.2) is 0 Å². The van der Waals surface area contributed by atoms with Crippen LogP contribution in [0.1, 0.15) is 15.9 Å². The summed E-state index contributed by atoms with van der Waals surface area (Å²) < 4.78 is 15.0. The van der Waals surface area contributed by atoms with Gasteiger partial charge in [-0.3, -0.25) is 19.8 Å². The number of aromatic nitrogens is 3. The first kappa shape index (κ1) is 19.1.